The van der Waals surface area contributed by atoms with E-state index in [1.807, 2.05) is 12.1 Å². The molecule has 2 aliphatic carbocycles. The van der Waals surface area contributed by atoms with E-state index >= 15 is 0 Å². The van der Waals surface area contributed by atoms with Gasteiger partial charge in [-0.15, -0.1) is 11.6 Å². The molecule has 2 heteroatoms. The molecule has 2 saturated carbocycles. The lowest BCUT2D eigenvalue weighted by Crippen LogP contribution is -2.23. The molecule has 2 atom stereocenters. The molecule has 0 aliphatic heterocycles. The molecule has 1 aromatic carbocycles. The molecule has 0 N–H and O–H groups in total. The average molecular weight is 255 g/mol. The van der Waals surface area contributed by atoms with E-state index < -0.39 is 0 Å². The van der Waals surface area contributed by atoms with Gasteiger partial charge in [-0.2, -0.15) is 0 Å². The second-order valence-electron chi connectivity index (χ2n) is 5.60. The minimum absolute atomic E-state index is 0.361. The molecule has 2 unspecified atom stereocenters. The quantitative estimate of drug-likeness (QED) is 0.696. The maximum atomic E-state index is 6.21. The molecular formula is C14H16Cl2. The molecule has 0 aromatic heterocycles. The zero-order valence-electron chi connectivity index (χ0n) is 9.26. The fourth-order valence-corrected chi connectivity index (χ4v) is 3.91. The van der Waals surface area contributed by atoms with Gasteiger partial charge in [0.15, 0.2) is 0 Å². The van der Waals surface area contributed by atoms with Gasteiger partial charge in [-0.1, -0.05) is 23.7 Å². The standard InChI is InChI=1S/C14H16Cl2/c15-9-14(7-11-5-12(11)8-14)6-10-2-1-3-13(16)4-10/h1-4,11-12H,5-9H2. The Morgan fingerprint density at radius 3 is 2.62 bits per heavy atom. The minimum atomic E-state index is 0.361. The van der Waals surface area contributed by atoms with Gasteiger partial charge < -0.3 is 0 Å². The van der Waals surface area contributed by atoms with Crippen LogP contribution in [0, 0.1) is 17.3 Å². The van der Waals surface area contributed by atoms with Crippen LogP contribution in [0.1, 0.15) is 24.8 Å². The summed E-state index contributed by atoms with van der Waals surface area (Å²) in [6.45, 7) is 0. The molecule has 1 aromatic rings. The Labute approximate surface area is 107 Å². The van der Waals surface area contributed by atoms with E-state index in [0.717, 1.165) is 29.2 Å². The van der Waals surface area contributed by atoms with Crippen molar-refractivity contribution in [2.24, 2.45) is 17.3 Å². The zero-order chi connectivity index (χ0) is 11.2. The van der Waals surface area contributed by atoms with Gasteiger partial charge in [0.2, 0.25) is 0 Å². The third-order valence-electron chi connectivity index (χ3n) is 4.21. The summed E-state index contributed by atoms with van der Waals surface area (Å²) in [6, 6.07) is 8.23. The smallest absolute Gasteiger partial charge is 0.0408 e. The Morgan fingerprint density at radius 2 is 2.00 bits per heavy atom. The Kier molecular flexibility index (Phi) is 2.68. The molecule has 2 aliphatic rings. The van der Waals surface area contributed by atoms with Crippen molar-refractivity contribution in [3.63, 3.8) is 0 Å². The van der Waals surface area contributed by atoms with Crippen LogP contribution in [0.15, 0.2) is 24.3 Å². The number of hydrogen-bond donors (Lipinski definition) is 0. The first-order valence-corrected chi connectivity index (χ1v) is 6.92. The Hall–Kier alpha value is -0.200. The first kappa shape index (κ1) is 10.9. The van der Waals surface area contributed by atoms with E-state index in [4.69, 9.17) is 23.2 Å². The molecule has 0 amide bonds. The molecular weight excluding hydrogens is 239 g/mol. The lowest BCUT2D eigenvalue weighted by Gasteiger charge is -2.28. The van der Waals surface area contributed by atoms with E-state index in [2.05, 4.69) is 12.1 Å². The van der Waals surface area contributed by atoms with Crippen LogP contribution in [0.4, 0.5) is 0 Å². The van der Waals surface area contributed by atoms with Crippen molar-refractivity contribution in [1.82, 2.24) is 0 Å². The van der Waals surface area contributed by atoms with Crippen LogP contribution in [0.2, 0.25) is 5.02 Å². The number of benzene rings is 1. The van der Waals surface area contributed by atoms with E-state index in [1.54, 1.807) is 0 Å². The van der Waals surface area contributed by atoms with Gasteiger partial charge in [-0.3, -0.25) is 0 Å². The second-order valence-corrected chi connectivity index (χ2v) is 6.31. The molecule has 0 saturated heterocycles. The topological polar surface area (TPSA) is 0 Å². The van der Waals surface area contributed by atoms with Gasteiger partial charge >= 0.3 is 0 Å². The van der Waals surface area contributed by atoms with Crippen molar-refractivity contribution in [1.29, 1.82) is 0 Å². The fourth-order valence-electron chi connectivity index (χ4n) is 3.39. The van der Waals surface area contributed by atoms with Crippen molar-refractivity contribution in [2.45, 2.75) is 25.7 Å². The summed E-state index contributed by atoms with van der Waals surface area (Å²) in [5.74, 6) is 2.77. The van der Waals surface area contributed by atoms with E-state index in [1.165, 1.54) is 24.8 Å². The molecule has 0 heterocycles. The van der Waals surface area contributed by atoms with Gasteiger partial charge in [-0.25, -0.2) is 0 Å². The molecule has 0 bridgehead atoms. The first-order chi connectivity index (χ1) is 7.71. The lowest BCUT2D eigenvalue weighted by atomic mass is 9.79. The second kappa shape index (κ2) is 3.92. The van der Waals surface area contributed by atoms with Gasteiger partial charge in [0, 0.05) is 10.9 Å². The minimum Gasteiger partial charge on any atom is -0.126 e. The van der Waals surface area contributed by atoms with Crippen molar-refractivity contribution < 1.29 is 0 Å². The molecule has 16 heavy (non-hydrogen) atoms. The van der Waals surface area contributed by atoms with Gasteiger partial charge in [0.05, 0.1) is 0 Å². The van der Waals surface area contributed by atoms with Crippen molar-refractivity contribution >= 4 is 23.2 Å². The number of halogens is 2. The van der Waals surface area contributed by atoms with Crippen LogP contribution in [0.25, 0.3) is 0 Å². The normalized spacial score (nSPS) is 36.1. The fraction of sp³-hybridized carbons (Fsp3) is 0.571. The highest BCUT2D eigenvalue weighted by atomic mass is 35.5. The third-order valence-corrected chi connectivity index (χ3v) is 5.01. The Balaban J connectivity index is 1.77. The zero-order valence-corrected chi connectivity index (χ0v) is 10.8. The van der Waals surface area contributed by atoms with Crippen molar-refractivity contribution in [3.05, 3.63) is 34.9 Å². The Morgan fingerprint density at radius 1 is 1.25 bits per heavy atom. The maximum absolute atomic E-state index is 6.21. The Bertz CT molecular complexity index is 389. The predicted molar refractivity (Wildman–Crippen MR) is 69.1 cm³/mol. The largest absolute Gasteiger partial charge is 0.126 e. The molecule has 0 spiro atoms. The lowest BCUT2D eigenvalue weighted by molar-refractivity contribution is 0.303. The summed E-state index contributed by atoms with van der Waals surface area (Å²) in [4.78, 5) is 0. The van der Waals surface area contributed by atoms with Gasteiger partial charge in [0.25, 0.3) is 0 Å². The third kappa shape index (κ3) is 1.98. The maximum Gasteiger partial charge on any atom is 0.0408 e. The van der Waals surface area contributed by atoms with Crippen LogP contribution >= 0.6 is 23.2 Å². The summed E-state index contributed by atoms with van der Waals surface area (Å²) in [7, 11) is 0. The molecule has 0 nitrogen and oxygen atoms in total. The van der Waals surface area contributed by atoms with Crippen molar-refractivity contribution in [2.75, 3.05) is 5.88 Å². The van der Waals surface area contributed by atoms with E-state index in [-0.39, 0.29) is 0 Å². The van der Waals surface area contributed by atoms with Crippen LogP contribution < -0.4 is 0 Å². The average Bonchev–Trinajstić information content (AvgIpc) is 2.87. The number of fused-ring (bicyclic) bond motifs is 1. The number of alkyl halides is 1. The SMILES string of the molecule is ClCC1(Cc2cccc(Cl)c2)CC2CC2C1. The number of hydrogen-bond acceptors (Lipinski definition) is 0. The monoisotopic (exact) mass is 254 g/mol. The van der Waals surface area contributed by atoms with Crippen molar-refractivity contribution in [3.8, 4) is 0 Å². The summed E-state index contributed by atoms with van der Waals surface area (Å²) >= 11 is 12.2. The summed E-state index contributed by atoms with van der Waals surface area (Å²) in [5.41, 5.74) is 1.70. The van der Waals surface area contributed by atoms with E-state index in [0.29, 0.717) is 5.41 Å². The highest BCUT2D eigenvalue weighted by molar-refractivity contribution is 6.30. The summed E-state index contributed by atoms with van der Waals surface area (Å²) in [5, 5.41) is 0.838. The molecule has 3 rings (SSSR count). The van der Waals surface area contributed by atoms with Crippen LogP contribution in [0.3, 0.4) is 0 Å². The summed E-state index contributed by atoms with van der Waals surface area (Å²) < 4.78 is 0. The highest BCUT2D eigenvalue weighted by Gasteiger charge is 2.53. The molecule has 0 radical (unpaired) electrons. The van der Waals surface area contributed by atoms with Crippen LogP contribution in [-0.2, 0) is 6.42 Å². The van der Waals surface area contributed by atoms with Crippen LogP contribution in [-0.4, -0.2) is 5.88 Å². The number of rotatable bonds is 3. The summed E-state index contributed by atoms with van der Waals surface area (Å²) in [6.07, 6.45) is 5.21. The van der Waals surface area contributed by atoms with E-state index in [9.17, 15) is 0 Å². The molecule has 2 fully saturated rings. The first-order valence-electron chi connectivity index (χ1n) is 6.01. The molecule has 86 valence electrons. The predicted octanol–water partition coefficient (Wildman–Crippen LogP) is 4.54. The van der Waals surface area contributed by atoms with Gasteiger partial charge in [0.1, 0.15) is 0 Å². The van der Waals surface area contributed by atoms with Crippen LogP contribution in [0.5, 0.6) is 0 Å². The van der Waals surface area contributed by atoms with Gasteiger partial charge in [-0.05, 0) is 60.6 Å². The highest BCUT2D eigenvalue weighted by Crippen LogP contribution is 2.61.